The Morgan fingerprint density at radius 1 is 1.47 bits per heavy atom. The van der Waals surface area contributed by atoms with Crippen molar-refractivity contribution < 1.29 is 9.18 Å². The lowest BCUT2D eigenvalue weighted by atomic mass is 10.1. The van der Waals surface area contributed by atoms with E-state index in [1.807, 2.05) is 0 Å². The first-order valence-corrected chi connectivity index (χ1v) is 4.20. The highest BCUT2D eigenvalue weighted by molar-refractivity contribution is 5.81. The molecule has 0 aromatic heterocycles. The number of hydrogen-bond acceptors (Lipinski definition) is 2. The van der Waals surface area contributed by atoms with Gasteiger partial charge in [-0.1, -0.05) is 23.3 Å². The molecule has 0 atom stereocenters. The lowest BCUT2D eigenvalue weighted by Crippen LogP contribution is -1.87. The average molecular weight is 205 g/mol. The largest absolute Gasteiger partial charge is 0.298 e. The summed E-state index contributed by atoms with van der Waals surface area (Å²) in [6.45, 7) is 0.201. The van der Waals surface area contributed by atoms with Crippen molar-refractivity contribution in [2.45, 2.75) is 0 Å². The Morgan fingerprint density at radius 2 is 2.27 bits per heavy atom. The van der Waals surface area contributed by atoms with E-state index in [2.05, 4.69) is 10.0 Å². The van der Waals surface area contributed by atoms with E-state index in [1.165, 1.54) is 12.1 Å². The Hall–Kier alpha value is -2.13. The third kappa shape index (κ3) is 3.25. The van der Waals surface area contributed by atoms with Crippen molar-refractivity contribution in [2.24, 2.45) is 5.11 Å². The van der Waals surface area contributed by atoms with Crippen LogP contribution >= 0.6 is 0 Å². The van der Waals surface area contributed by atoms with Crippen LogP contribution in [-0.4, -0.2) is 12.8 Å². The Labute approximate surface area is 85.7 Å². The van der Waals surface area contributed by atoms with Crippen molar-refractivity contribution in [3.63, 3.8) is 0 Å². The third-order valence-corrected chi connectivity index (χ3v) is 1.72. The molecule has 0 heterocycles. The molecular weight excluding hydrogens is 197 g/mol. The Morgan fingerprint density at radius 3 is 2.93 bits per heavy atom. The van der Waals surface area contributed by atoms with Gasteiger partial charge in [0.15, 0.2) is 6.29 Å². The van der Waals surface area contributed by atoms with Crippen molar-refractivity contribution in [1.29, 1.82) is 0 Å². The number of nitrogens with zero attached hydrogens (tertiary/aromatic N) is 3. The quantitative estimate of drug-likeness (QED) is 0.322. The number of carbonyl (C=O) groups is 1. The standard InChI is InChI=1S/C10H8FN3O/c11-10-4-3-8(9(6-10)7-15)2-1-5-13-14-12/h1-4,6-7H,5H2. The van der Waals surface area contributed by atoms with Gasteiger partial charge >= 0.3 is 0 Å². The Kier molecular flexibility index (Phi) is 4.06. The summed E-state index contributed by atoms with van der Waals surface area (Å²) >= 11 is 0. The van der Waals surface area contributed by atoms with Crippen molar-refractivity contribution in [3.8, 4) is 0 Å². The molecule has 0 aliphatic rings. The molecule has 15 heavy (non-hydrogen) atoms. The fourth-order valence-electron chi connectivity index (χ4n) is 1.06. The van der Waals surface area contributed by atoms with E-state index in [9.17, 15) is 9.18 Å². The van der Waals surface area contributed by atoms with Gasteiger partial charge in [-0.05, 0) is 23.2 Å². The maximum absolute atomic E-state index is 12.7. The first-order chi connectivity index (χ1) is 7.27. The maximum atomic E-state index is 12.7. The maximum Gasteiger partial charge on any atom is 0.150 e. The molecular formula is C10H8FN3O. The molecule has 0 radical (unpaired) electrons. The minimum Gasteiger partial charge on any atom is -0.298 e. The van der Waals surface area contributed by atoms with Gasteiger partial charge in [-0.25, -0.2) is 4.39 Å². The van der Waals surface area contributed by atoms with E-state index in [0.717, 1.165) is 6.07 Å². The fraction of sp³-hybridized carbons (Fsp3) is 0.100. The molecule has 0 amide bonds. The van der Waals surface area contributed by atoms with Crippen molar-refractivity contribution >= 4 is 12.4 Å². The average Bonchev–Trinajstić information content (AvgIpc) is 2.26. The van der Waals surface area contributed by atoms with E-state index in [1.54, 1.807) is 12.2 Å². The van der Waals surface area contributed by atoms with Gasteiger partial charge in [-0.3, -0.25) is 4.79 Å². The SMILES string of the molecule is [N-]=[N+]=NCC=Cc1ccc(F)cc1C=O. The topological polar surface area (TPSA) is 65.8 Å². The zero-order chi connectivity index (χ0) is 11.1. The lowest BCUT2D eigenvalue weighted by molar-refractivity contribution is 0.112. The van der Waals surface area contributed by atoms with Crippen LogP contribution in [0.25, 0.3) is 16.5 Å². The molecule has 4 nitrogen and oxygen atoms in total. The van der Waals surface area contributed by atoms with Crippen LogP contribution in [0.4, 0.5) is 4.39 Å². The van der Waals surface area contributed by atoms with Crippen LogP contribution in [0.15, 0.2) is 29.4 Å². The summed E-state index contributed by atoms with van der Waals surface area (Å²) in [5, 5.41) is 3.29. The molecule has 1 rings (SSSR count). The summed E-state index contributed by atoms with van der Waals surface area (Å²) in [7, 11) is 0. The predicted molar refractivity (Wildman–Crippen MR) is 54.8 cm³/mol. The number of azide groups is 1. The van der Waals surface area contributed by atoms with Gasteiger partial charge in [0.1, 0.15) is 5.82 Å². The predicted octanol–water partition coefficient (Wildman–Crippen LogP) is 2.96. The smallest absolute Gasteiger partial charge is 0.150 e. The molecule has 0 saturated heterocycles. The molecule has 76 valence electrons. The van der Waals surface area contributed by atoms with E-state index < -0.39 is 5.82 Å². The second kappa shape index (κ2) is 5.57. The van der Waals surface area contributed by atoms with Gasteiger partial charge in [-0.2, -0.15) is 0 Å². The summed E-state index contributed by atoms with van der Waals surface area (Å²) in [6.07, 6.45) is 3.79. The fourth-order valence-corrected chi connectivity index (χ4v) is 1.06. The molecule has 0 aliphatic heterocycles. The van der Waals surface area contributed by atoms with Gasteiger partial charge in [0, 0.05) is 17.0 Å². The molecule has 0 aliphatic carbocycles. The second-order valence-electron chi connectivity index (χ2n) is 2.71. The molecule has 0 saturated carbocycles. The molecule has 0 bridgehead atoms. The third-order valence-electron chi connectivity index (χ3n) is 1.72. The van der Waals surface area contributed by atoms with Crippen LogP contribution in [0.3, 0.4) is 0 Å². The van der Waals surface area contributed by atoms with Crippen LogP contribution in [0, 0.1) is 5.82 Å². The highest BCUT2D eigenvalue weighted by atomic mass is 19.1. The number of halogens is 1. The summed E-state index contributed by atoms with van der Waals surface area (Å²) in [5.74, 6) is -0.454. The van der Waals surface area contributed by atoms with Gasteiger partial charge < -0.3 is 0 Å². The Bertz CT molecular complexity index is 436. The van der Waals surface area contributed by atoms with Gasteiger partial charge in [-0.15, -0.1) is 0 Å². The van der Waals surface area contributed by atoms with E-state index >= 15 is 0 Å². The Balaban J connectivity index is 2.89. The number of benzene rings is 1. The summed E-state index contributed by atoms with van der Waals surface area (Å²) in [4.78, 5) is 13.2. The number of carbonyl (C=O) groups excluding carboxylic acids is 1. The molecule has 1 aromatic rings. The van der Waals surface area contributed by atoms with Crippen LogP contribution in [0.1, 0.15) is 15.9 Å². The molecule has 1 aromatic carbocycles. The summed E-state index contributed by atoms with van der Waals surface area (Å²) in [6, 6.07) is 3.91. The van der Waals surface area contributed by atoms with Gasteiger partial charge in [0.25, 0.3) is 0 Å². The van der Waals surface area contributed by atoms with E-state index in [0.29, 0.717) is 11.8 Å². The van der Waals surface area contributed by atoms with Gasteiger partial charge in [0.2, 0.25) is 0 Å². The zero-order valence-corrected chi connectivity index (χ0v) is 7.80. The normalized spacial score (nSPS) is 9.93. The van der Waals surface area contributed by atoms with Crippen molar-refractivity contribution in [2.75, 3.05) is 6.54 Å². The number of rotatable bonds is 4. The monoisotopic (exact) mass is 205 g/mol. The van der Waals surface area contributed by atoms with Crippen molar-refractivity contribution in [3.05, 3.63) is 51.7 Å². The summed E-state index contributed by atoms with van der Waals surface area (Å²) < 4.78 is 12.7. The zero-order valence-electron chi connectivity index (χ0n) is 7.80. The second-order valence-corrected chi connectivity index (χ2v) is 2.71. The van der Waals surface area contributed by atoms with Gasteiger partial charge in [0.05, 0.1) is 0 Å². The lowest BCUT2D eigenvalue weighted by Gasteiger charge is -1.97. The van der Waals surface area contributed by atoms with E-state index in [-0.39, 0.29) is 12.1 Å². The minimum atomic E-state index is -0.454. The highest BCUT2D eigenvalue weighted by Gasteiger charge is 1.99. The molecule has 0 spiro atoms. The minimum absolute atomic E-state index is 0.201. The molecule has 0 unspecified atom stereocenters. The highest BCUT2D eigenvalue weighted by Crippen LogP contribution is 2.10. The van der Waals surface area contributed by atoms with Crippen LogP contribution in [-0.2, 0) is 0 Å². The molecule has 0 fully saturated rings. The van der Waals surface area contributed by atoms with Crippen LogP contribution in [0.2, 0.25) is 0 Å². The number of aldehydes is 1. The van der Waals surface area contributed by atoms with E-state index in [4.69, 9.17) is 5.53 Å². The molecule has 5 heteroatoms. The van der Waals surface area contributed by atoms with Crippen molar-refractivity contribution in [1.82, 2.24) is 0 Å². The molecule has 0 N–H and O–H groups in total. The van der Waals surface area contributed by atoms with Crippen LogP contribution in [0.5, 0.6) is 0 Å². The van der Waals surface area contributed by atoms with Crippen LogP contribution < -0.4 is 0 Å². The first kappa shape index (κ1) is 10.9. The summed E-state index contributed by atoms with van der Waals surface area (Å²) in [5.41, 5.74) is 8.89. The number of hydrogen-bond donors (Lipinski definition) is 0. The first-order valence-electron chi connectivity index (χ1n) is 4.20.